The molecule has 0 aromatic heterocycles. The summed E-state index contributed by atoms with van der Waals surface area (Å²) in [5.41, 5.74) is 4.34. The first-order chi connectivity index (χ1) is 17.1. The molecule has 0 amide bonds. The average Bonchev–Trinajstić information content (AvgIpc) is 3.05. The van der Waals surface area contributed by atoms with E-state index >= 15 is 0 Å². The average molecular weight is 498 g/mol. The number of rotatable bonds is 8. The molecule has 0 N–H and O–H groups in total. The number of benzene rings is 2. The maximum atomic E-state index is 11.6. The van der Waals surface area contributed by atoms with Crippen LogP contribution < -0.4 is 9.64 Å². The molecule has 0 radical (unpaired) electrons. The van der Waals surface area contributed by atoms with E-state index in [1.807, 2.05) is 24.3 Å². The molecule has 1 saturated carbocycles. The van der Waals surface area contributed by atoms with Gasteiger partial charge in [0.1, 0.15) is 12.0 Å². The lowest BCUT2D eigenvalue weighted by Crippen LogP contribution is -2.42. The molecular weight excluding hydrogens is 462 g/mol. The molecule has 2 fully saturated rings. The molecule has 2 aromatic carbocycles. The van der Waals surface area contributed by atoms with Crippen molar-refractivity contribution in [2.24, 2.45) is 11.8 Å². The Hall–Kier alpha value is -2.08. The summed E-state index contributed by atoms with van der Waals surface area (Å²) in [6.07, 6.45) is 7.33. The Morgan fingerprint density at radius 2 is 1.91 bits per heavy atom. The van der Waals surface area contributed by atoms with Crippen LogP contribution in [0.15, 0.2) is 36.4 Å². The molecule has 35 heavy (non-hydrogen) atoms. The second-order valence-corrected chi connectivity index (χ2v) is 10.6. The van der Waals surface area contributed by atoms with Crippen LogP contribution in [-0.2, 0) is 15.9 Å². The summed E-state index contributed by atoms with van der Waals surface area (Å²) in [6, 6.07) is 12.1. The van der Waals surface area contributed by atoms with Crippen molar-refractivity contribution in [1.82, 2.24) is 0 Å². The van der Waals surface area contributed by atoms with Crippen molar-refractivity contribution in [3.8, 4) is 5.75 Å². The van der Waals surface area contributed by atoms with Gasteiger partial charge >= 0.3 is 0 Å². The normalized spacial score (nSPS) is 24.7. The molecule has 2 aromatic rings. The molecule has 3 atom stereocenters. The molecule has 0 spiro atoms. The van der Waals surface area contributed by atoms with E-state index in [2.05, 4.69) is 24.0 Å². The Balaban J connectivity index is 1.39. The van der Waals surface area contributed by atoms with Crippen molar-refractivity contribution in [2.75, 3.05) is 37.8 Å². The molecule has 3 unspecified atom stereocenters. The predicted octanol–water partition coefficient (Wildman–Crippen LogP) is 6.27. The minimum atomic E-state index is -0.0589. The van der Waals surface area contributed by atoms with Gasteiger partial charge in [0.15, 0.2) is 6.29 Å². The number of ether oxygens (including phenoxy) is 3. The molecule has 2 aliphatic heterocycles. The Bertz CT molecular complexity index is 1020. The van der Waals surface area contributed by atoms with E-state index in [1.165, 1.54) is 24.0 Å². The van der Waals surface area contributed by atoms with Crippen LogP contribution in [-0.4, -0.2) is 45.5 Å². The largest absolute Gasteiger partial charge is 0.491 e. The summed E-state index contributed by atoms with van der Waals surface area (Å²) < 4.78 is 18.0. The minimum Gasteiger partial charge on any atom is -0.491 e. The number of aryl methyl sites for hydroxylation is 1. The number of carbonyl (C=O) groups excluding carboxylic acids is 1. The molecule has 1 saturated heterocycles. The summed E-state index contributed by atoms with van der Waals surface area (Å²) in [4.78, 5) is 14.0. The Kier molecular flexibility index (Phi) is 7.96. The van der Waals surface area contributed by atoms with E-state index in [9.17, 15) is 4.79 Å². The van der Waals surface area contributed by atoms with Gasteiger partial charge in [0.25, 0.3) is 0 Å². The first-order valence-corrected chi connectivity index (χ1v) is 13.5. The van der Waals surface area contributed by atoms with E-state index in [-0.39, 0.29) is 12.2 Å². The van der Waals surface area contributed by atoms with Gasteiger partial charge in [-0.05, 0) is 79.0 Å². The van der Waals surface area contributed by atoms with Gasteiger partial charge in [0.05, 0.1) is 25.5 Å². The van der Waals surface area contributed by atoms with Crippen molar-refractivity contribution >= 4 is 23.6 Å². The van der Waals surface area contributed by atoms with Crippen LogP contribution in [0.5, 0.6) is 5.75 Å². The summed E-state index contributed by atoms with van der Waals surface area (Å²) >= 11 is 6.35. The quantitative estimate of drug-likeness (QED) is 0.402. The topological polar surface area (TPSA) is 48.0 Å². The van der Waals surface area contributed by atoms with Crippen LogP contribution in [0.3, 0.4) is 0 Å². The molecule has 188 valence electrons. The number of anilines is 1. The van der Waals surface area contributed by atoms with Gasteiger partial charge in [-0.15, -0.1) is 0 Å². The van der Waals surface area contributed by atoms with Crippen LogP contribution in [0.1, 0.15) is 66.4 Å². The number of carbonyl (C=O) groups is 1. The fraction of sp³-hybridized carbons (Fsp3) is 0.552. The highest BCUT2D eigenvalue weighted by Gasteiger charge is 2.37. The van der Waals surface area contributed by atoms with Crippen molar-refractivity contribution in [3.05, 3.63) is 58.1 Å². The minimum absolute atomic E-state index is 0.0589. The smallest absolute Gasteiger partial charge is 0.157 e. The third-order valence-corrected chi connectivity index (χ3v) is 8.06. The third-order valence-electron chi connectivity index (χ3n) is 7.83. The molecule has 6 heteroatoms. The monoisotopic (exact) mass is 497 g/mol. The van der Waals surface area contributed by atoms with Crippen LogP contribution in [0.2, 0.25) is 5.02 Å². The van der Waals surface area contributed by atoms with E-state index < -0.39 is 0 Å². The first-order valence-electron chi connectivity index (χ1n) is 13.1. The standard InChI is InChI=1S/C29H36ClNO4/c1-2-4-22-14-25(30)8-9-26(22)24-17-31(27-13-20(18-32)5-10-28(27)35-19-24)16-23-7-6-21(23)15-29-33-11-3-12-34-29/h5,8-10,13-14,18,21,23-24,29H,2-4,6-7,11-12,15-17,19H2,1H3. The number of fused-ring (bicyclic) bond motifs is 1. The van der Waals surface area contributed by atoms with Gasteiger partial charge in [0.2, 0.25) is 0 Å². The first kappa shape index (κ1) is 24.6. The van der Waals surface area contributed by atoms with Crippen LogP contribution in [0.25, 0.3) is 0 Å². The van der Waals surface area contributed by atoms with Gasteiger partial charge in [-0.25, -0.2) is 0 Å². The highest BCUT2D eigenvalue weighted by molar-refractivity contribution is 6.30. The SMILES string of the molecule is CCCc1cc(Cl)ccc1C1COc2ccc(C=O)cc2N(CC2CCC2CC2OCCCO2)C1. The van der Waals surface area contributed by atoms with Crippen LogP contribution in [0.4, 0.5) is 5.69 Å². The molecule has 0 bridgehead atoms. The van der Waals surface area contributed by atoms with Crippen molar-refractivity contribution < 1.29 is 19.0 Å². The molecule has 2 heterocycles. The summed E-state index contributed by atoms with van der Waals surface area (Å²) in [5, 5.41) is 0.784. The van der Waals surface area contributed by atoms with E-state index in [0.717, 1.165) is 74.7 Å². The number of hydrogen-bond acceptors (Lipinski definition) is 5. The molecule has 3 aliphatic rings. The Labute approximate surface area is 213 Å². The second-order valence-electron chi connectivity index (χ2n) is 10.2. The zero-order valence-electron chi connectivity index (χ0n) is 20.6. The zero-order valence-corrected chi connectivity index (χ0v) is 21.3. The van der Waals surface area contributed by atoms with Crippen LogP contribution >= 0.6 is 11.6 Å². The maximum absolute atomic E-state index is 11.6. The molecular formula is C29H36ClNO4. The summed E-state index contributed by atoms with van der Waals surface area (Å²) in [7, 11) is 0. The van der Waals surface area contributed by atoms with Crippen molar-refractivity contribution in [3.63, 3.8) is 0 Å². The van der Waals surface area contributed by atoms with Crippen molar-refractivity contribution in [2.45, 2.75) is 57.7 Å². The van der Waals surface area contributed by atoms with E-state index in [4.69, 9.17) is 25.8 Å². The van der Waals surface area contributed by atoms with Gasteiger partial charge in [0, 0.05) is 36.0 Å². The Morgan fingerprint density at radius 3 is 2.66 bits per heavy atom. The zero-order chi connectivity index (χ0) is 24.2. The van der Waals surface area contributed by atoms with E-state index in [1.54, 1.807) is 0 Å². The number of aldehydes is 1. The van der Waals surface area contributed by atoms with Gasteiger partial charge in [-0.2, -0.15) is 0 Å². The highest BCUT2D eigenvalue weighted by atomic mass is 35.5. The van der Waals surface area contributed by atoms with Gasteiger partial charge in [-0.3, -0.25) is 4.79 Å². The number of nitrogens with zero attached hydrogens (tertiary/aromatic N) is 1. The lowest BCUT2D eigenvalue weighted by atomic mass is 9.71. The molecule has 5 rings (SSSR count). The number of hydrogen-bond donors (Lipinski definition) is 0. The molecule has 1 aliphatic carbocycles. The van der Waals surface area contributed by atoms with E-state index in [0.29, 0.717) is 24.0 Å². The highest BCUT2D eigenvalue weighted by Crippen LogP contribution is 2.43. The van der Waals surface area contributed by atoms with Gasteiger partial charge < -0.3 is 19.1 Å². The lowest BCUT2D eigenvalue weighted by Gasteiger charge is -2.42. The number of halogens is 1. The van der Waals surface area contributed by atoms with Gasteiger partial charge in [-0.1, -0.05) is 31.0 Å². The summed E-state index contributed by atoms with van der Waals surface area (Å²) in [5.74, 6) is 2.27. The van der Waals surface area contributed by atoms with Crippen molar-refractivity contribution in [1.29, 1.82) is 0 Å². The summed E-state index contributed by atoms with van der Waals surface area (Å²) in [6.45, 7) is 6.22. The predicted molar refractivity (Wildman–Crippen MR) is 139 cm³/mol. The lowest BCUT2D eigenvalue weighted by molar-refractivity contribution is -0.192. The fourth-order valence-electron chi connectivity index (χ4n) is 5.80. The Morgan fingerprint density at radius 1 is 1.09 bits per heavy atom. The maximum Gasteiger partial charge on any atom is 0.157 e. The molecule has 5 nitrogen and oxygen atoms in total. The third kappa shape index (κ3) is 5.68. The van der Waals surface area contributed by atoms with Crippen LogP contribution in [0, 0.1) is 11.8 Å². The second kappa shape index (κ2) is 11.3. The fourth-order valence-corrected chi connectivity index (χ4v) is 5.99.